The average Bonchev–Trinajstić information content (AvgIpc) is 2.81. The predicted molar refractivity (Wildman–Crippen MR) is 68.7 cm³/mol. The minimum atomic E-state index is 0.209. The Morgan fingerprint density at radius 1 is 1.44 bits per heavy atom. The largest absolute Gasteiger partial charge is 0.496 e. The summed E-state index contributed by atoms with van der Waals surface area (Å²) in [7, 11) is 1.59. The number of halogens is 1. The molecule has 0 atom stereocenters. The van der Waals surface area contributed by atoms with Gasteiger partial charge in [-0.25, -0.2) is 0 Å². The van der Waals surface area contributed by atoms with Crippen LogP contribution in [0.5, 0.6) is 5.75 Å². The Bertz CT molecular complexity index is 581. The molecule has 1 heterocycles. The van der Waals surface area contributed by atoms with E-state index < -0.39 is 0 Å². The highest BCUT2D eigenvalue weighted by Gasteiger charge is 2.19. The normalized spacial score (nSPS) is 10.7. The van der Waals surface area contributed by atoms with E-state index in [0.717, 1.165) is 16.7 Å². The molecule has 0 fully saturated rings. The number of nitrogens with two attached hydrogens (primary N) is 1. The van der Waals surface area contributed by atoms with Crippen LogP contribution in [0, 0.1) is 13.8 Å². The Balaban J connectivity index is 2.66. The first-order valence-corrected chi connectivity index (χ1v) is 5.83. The molecule has 1 aromatic carbocycles. The van der Waals surface area contributed by atoms with Crippen molar-refractivity contribution in [2.24, 2.45) is 5.73 Å². The van der Waals surface area contributed by atoms with Crippen LogP contribution < -0.4 is 10.5 Å². The Kier molecular flexibility index (Phi) is 3.54. The van der Waals surface area contributed by atoms with E-state index >= 15 is 0 Å². The third kappa shape index (κ3) is 2.07. The number of rotatable bonds is 3. The number of hydrogen-bond acceptors (Lipinski definition) is 5. The molecule has 0 aliphatic heterocycles. The van der Waals surface area contributed by atoms with E-state index in [1.807, 2.05) is 19.9 Å². The fraction of sp³-hybridized carbons (Fsp3) is 0.333. The Morgan fingerprint density at radius 3 is 2.72 bits per heavy atom. The van der Waals surface area contributed by atoms with Crippen molar-refractivity contribution in [3.63, 3.8) is 0 Å². The van der Waals surface area contributed by atoms with Gasteiger partial charge in [-0.3, -0.25) is 0 Å². The zero-order chi connectivity index (χ0) is 13.3. The molecule has 0 saturated heterocycles. The maximum atomic E-state index is 6.13. The molecular formula is C12H14ClN3O2. The van der Waals surface area contributed by atoms with Crippen molar-refractivity contribution in [1.82, 2.24) is 10.1 Å². The maximum Gasteiger partial charge on any atom is 0.240 e. The van der Waals surface area contributed by atoms with Gasteiger partial charge in [0, 0.05) is 10.6 Å². The summed E-state index contributed by atoms with van der Waals surface area (Å²) in [6.07, 6.45) is 0. The molecule has 6 heteroatoms. The topological polar surface area (TPSA) is 74.2 Å². The number of ether oxygens (including phenoxy) is 1. The summed E-state index contributed by atoms with van der Waals surface area (Å²) in [6.45, 7) is 4.01. The lowest BCUT2D eigenvalue weighted by atomic mass is 10.0. The molecule has 0 saturated carbocycles. The number of hydrogen-bond donors (Lipinski definition) is 1. The van der Waals surface area contributed by atoms with Crippen molar-refractivity contribution in [3.05, 3.63) is 28.1 Å². The first-order valence-electron chi connectivity index (χ1n) is 5.45. The summed E-state index contributed by atoms with van der Waals surface area (Å²) in [5.74, 6) is 1.51. The van der Waals surface area contributed by atoms with Gasteiger partial charge in [-0.15, -0.1) is 0 Å². The number of methoxy groups -OCH3 is 1. The highest BCUT2D eigenvalue weighted by molar-refractivity contribution is 6.31. The monoisotopic (exact) mass is 267 g/mol. The molecule has 0 bridgehead atoms. The van der Waals surface area contributed by atoms with Crippen molar-refractivity contribution >= 4 is 11.6 Å². The summed E-state index contributed by atoms with van der Waals surface area (Å²) >= 11 is 6.13. The lowest BCUT2D eigenvalue weighted by Gasteiger charge is -2.13. The number of aryl methyl sites for hydroxylation is 1. The molecule has 96 valence electrons. The van der Waals surface area contributed by atoms with Crippen LogP contribution in [0.25, 0.3) is 11.4 Å². The van der Waals surface area contributed by atoms with Gasteiger partial charge in [0.05, 0.1) is 19.2 Å². The van der Waals surface area contributed by atoms with E-state index in [9.17, 15) is 0 Å². The summed E-state index contributed by atoms with van der Waals surface area (Å²) in [4.78, 5) is 4.21. The summed E-state index contributed by atoms with van der Waals surface area (Å²) in [5.41, 5.74) is 8.00. The fourth-order valence-corrected chi connectivity index (χ4v) is 2.07. The summed E-state index contributed by atoms with van der Waals surface area (Å²) in [5, 5.41) is 4.56. The van der Waals surface area contributed by atoms with Gasteiger partial charge in [-0.2, -0.15) is 4.98 Å². The SMILES string of the molecule is COc1c(C)c(Cl)cc(C)c1-c1noc(CN)n1. The van der Waals surface area contributed by atoms with Gasteiger partial charge >= 0.3 is 0 Å². The highest BCUT2D eigenvalue weighted by Crippen LogP contribution is 2.38. The van der Waals surface area contributed by atoms with Crippen molar-refractivity contribution in [2.75, 3.05) is 7.11 Å². The number of nitrogens with zero attached hydrogens (tertiary/aromatic N) is 2. The zero-order valence-electron chi connectivity index (χ0n) is 10.5. The van der Waals surface area contributed by atoms with E-state index in [4.69, 9.17) is 26.6 Å². The van der Waals surface area contributed by atoms with Crippen molar-refractivity contribution in [1.29, 1.82) is 0 Å². The molecule has 1 aromatic heterocycles. The third-order valence-corrected chi connectivity index (χ3v) is 3.13. The lowest BCUT2D eigenvalue weighted by molar-refractivity contribution is 0.379. The Labute approximate surface area is 110 Å². The van der Waals surface area contributed by atoms with E-state index in [1.54, 1.807) is 7.11 Å². The minimum Gasteiger partial charge on any atom is -0.496 e. The molecule has 18 heavy (non-hydrogen) atoms. The van der Waals surface area contributed by atoms with Gasteiger partial charge in [0.2, 0.25) is 11.7 Å². The van der Waals surface area contributed by atoms with Gasteiger partial charge in [0.25, 0.3) is 0 Å². The Morgan fingerprint density at radius 2 is 2.17 bits per heavy atom. The molecule has 0 aliphatic rings. The fourth-order valence-electron chi connectivity index (χ4n) is 1.82. The first-order chi connectivity index (χ1) is 8.58. The third-order valence-electron chi connectivity index (χ3n) is 2.73. The zero-order valence-corrected chi connectivity index (χ0v) is 11.2. The predicted octanol–water partition coefficient (Wildman–Crippen LogP) is 2.47. The molecule has 2 N–H and O–H groups in total. The van der Waals surface area contributed by atoms with Crippen LogP contribution in [0.4, 0.5) is 0 Å². The Hall–Kier alpha value is -1.59. The molecule has 0 aliphatic carbocycles. The minimum absolute atomic E-state index is 0.209. The number of aromatic nitrogens is 2. The van der Waals surface area contributed by atoms with E-state index in [2.05, 4.69) is 10.1 Å². The second-order valence-corrected chi connectivity index (χ2v) is 4.33. The molecule has 0 amide bonds. The van der Waals surface area contributed by atoms with Gasteiger partial charge in [0.15, 0.2) is 0 Å². The van der Waals surface area contributed by atoms with Crippen molar-refractivity contribution in [3.8, 4) is 17.1 Å². The second-order valence-electron chi connectivity index (χ2n) is 3.92. The summed E-state index contributed by atoms with van der Waals surface area (Å²) < 4.78 is 10.4. The molecule has 0 unspecified atom stereocenters. The van der Waals surface area contributed by atoms with E-state index in [1.165, 1.54) is 0 Å². The standard InChI is InChI=1S/C12H14ClN3O2/c1-6-4-8(13)7(2)11(17-3)10(6)12-15-9(5-14)18-16-12/h4H,5,14H2,1-3H3. The van der Waals surface area contributed by atoms with Crippen LogP contribution >= 0.6 is 11.6 Å². The van der Waals surface area contributed by atoms with Crippen LogP contribution in [-0.2, 0) is 6.54 Å². The molecular weight excluding hydrogens is 254 g/mol. The van der Waals surface area contributed by atoms with Crippen LogP contribution in [0.2, 0.25) is 5.02 Å². The molecule has 0 radical (unpaired) electrons. The lowest BCUT2D eigenvalue weighted by Crippen LogP contribution is -1.98. The molecule has 2 aromatic rings. The van der Waals surface area contributed by atoms with Gasteiger partial charge < -0.3 is 15.0 Å². The van der Waals surface area contributed by atoms with Gasteiger partial charge in [0.1, 0.15) is 5.75 Å². The second kappa shape index (κ2) is 4.96. The van der Waals surface area contributed by atoms with Gasteiger partial charge in [-0.05, 0) is 25.5 Å². The quantitative estimate of drug-likeness (QED) is 0.925. The average molecular weight is 268 g/mol. The molecule has 5 nitrogen and oxygen atoms in total. The first kappa shape index (κ1) is 12.9. The highest BCUT2D eigenvalue weighted by atomic mass is 35.5. The number of benzene rings is 1. The maximum absolute atomic E-state index is 6.13. The molecule has 0 spiro atoms. The van der Waals surface area contributed by atoms with Crippen LogP contribution in [0.1, 0.15) is 17.0 Å². The summed E-state index contributed by atoms with van der Waals surface area (Å²) in [6, 6.07) is 1.85. The van der Waals surface area contributed by atoms with Crippen molar-refractivity contribution < 1.29 is 9.26 Å². The van der Waals surface area contributed by atoms with Crippen LogP contribution in [-0.4, -0.2) is 17.3 Å². The smallest absolute Gasteiger partial charge is 0.240 e. The van der Waals surface area contributed by atoms with E-state index in [-0.39, 0.29) is 6.54 Å². The van der Waals surface area contributed by atoms with Crippen LogP contribution in [0.15, 0.2) is 10.6 Å². The van der Waals surface area contributed by atoms with Gasteiger partial charge in [-0.1, -0.05) is 16.8 Å². The van der Waals surface area contributed by atoms with E-state index in [0.29, 0.717) is 22.5 Å². The van der Waals surface area contributed by atoms with Crippen LogP contribution in [0.3, 0.4) is 0 Å². The molecule has 2 rings (SSSR count). The van der Waals surface area contributed by atoms with Crippen molar-refractivity contribution in [2.45, 2.75) is 20.4 Å².